The van der Waals surface area contributed by atoms with Gasteiger partial charge in [-0.1, -0.05) is 12.1 Å². The fourth-order valence-electron chi connectivity index (χ4n) is 1.77. The monoisotopic (exact) mass is 329 g/mol. The summed E-state index contributed by atoms with van der Waals surface area (Å²) in [4.78, 5) is 11.7. The second kappa shape index (κ2) is 7.00. The summed E-state index contributed by atoms with van der Waals surface area (Å²) in [6, 6.07) is 6.56. The number of nitrogens with one attached hydrogen (secondary N) is 1. The molecule has 0 aliphatic carbocycles. The number of ether oxygens (including phenoxy) is 1. The Labute approximate surface area is 131 Å². The molecule has 0 aliphatic rings. The molecule has 0 bridgehead atoms. The van der Waals surface area contributed by atoms with Crippen LogP contribution >= 0.6 is 0 Å². The maximum absolute atomic E-state index is 11.7. The lowest BCUT2D eigenvalue weighted by molar-refractivity contribution is 0.0508. The Hall–Kier alpha value is -1.76. The highest BCUT2D eigenvalue weighted by Gasteiger charge is 2.17. The van der Waals surface area contributed by atoms with Gasteiger partial charge in [0.1, 0.15) is 11.4 Å². The van der Waals surface area contributed by atoms with Crippen molar-refractivity contribution in [1.82, 2.24) is 5.32 Å². The van der Waals surface area contributed by atoms with Gasteiger partial charge in [-0.05, 0) is 51.8 Å². The van der Waals surface area contributed by atoms with E-state index in [1.165, 1.54) is 0 Å². The Morgan fingerprint density at radius 1 is 1.23 bits per heavy atom. The maximum Gasteiger partial charge on any atom is 0.407 e. The molecule has 1 N–H and O–H groups in total. The zero-order valence-electron chi connectivity index (χ0n) is 13.5. The van der Waals surface area contributed by atoms with E-state index in [0.717, 1.165) is 11.8 Å². The maximum atomic E-state index is 11.7. The normalized spacial score (nSPS) is 13.3. The molecule has 22 heavy (non-hydrogen) atoms. The SMILES string of the molecule is CC(Cc1ccc(OS(C)(=O)=O)cc1)NC(=O)OC(C)(C)C. The Morgan fingerprint density at radius 2 is 1.77 bits per heavy atom. The van der Waals surface area contributed by atoms with Gasteiger partial charge < -0.3 is 14.2 Å². The lowest BCUT2D eigenvalue weighted by Crippen LogP contribution is -2.38. The van der Waals surface area contributed by atoms with Crippen molar-refractivity contribution in [2.24, 2.45) is 0 Å². The molecule has 6 nitrogen and oxygen atoms in total. The number of carbonyl (C=O) groups is 1. The van der Waals surface area contributed by atoms with E-state index in [-0.39, 0.29) is 11.8 Å². The molecule has 1 rings (SSSR count). The summed E-state index contributed by atoms with van der Waals surface area (Å²) < 4.78 is 32.0. The average Bonchev–Trinajstić information content (AvgIpc) is 2.26. The number of alkyl carbamates (subject to hydrolysis) is 1. The van der Waals surface area contributed by atoms with Crippen molar-refractivity contribution in [2.45, 2.75) is 45.8 Å². The van der Waals surface area contributed by atoms with Gasteiger partial charge >= 0.3 is 16.2 Å². The first-order valence-electron chi connectivity index (χ1n) is 6.92. The molecule has 0 heterocycles. The summed E-state index contributed by atoms with van der Waals surface area (Å²) in [5, 5.41) is 2.75. The molecule has 1 unspecified atom stereocenters. The van der Waals surface area contributed by atoms with Crippen LogP contribution in [0.4, 0.5) is 4.79 Å². The smallest absolute Gasteiger partial charge is 0.407 e. The molecule has 7 heteroatoms. The second-order valence-corrected chi connectivity index (χ2v) is 7.76. The van der Waals surface area contributed by atoms with Gasteiger partial charge in [-0.15, -0.1) is 0 Å². The Balaban J connectivity index is 2.55. The number of hydrogen-bond donors (Lipinski definition) is 1. The van der Waals surface area contributed by atoms with Crippen LogP contribution in [0.3, 0.4) is 0 Å². The van der Waals surface area contributed by atoms with Crippen molar-refractivity contribution in [3.63, 3.8) is 0 Å². The van der Waals surface area contributed by atoms with Gasteiger partial charge in [0.15, 0.2) is 0 Å². The van der Waals surface area contributed by atoms with Crippen molar-refractivity contribution >= 4 is 16.2 Å². The van der Waals surface area contributed by atoms with E-state index in [1.807, 2.05) is 6.92 Å². The van der Waals surface area contributed by atoms with Crippen molar-refractivity contribution in [1.29, 1.82) is 0 Å². The Morgan fingerprint density at radius 3 is 2.23 bits per heavy atom. The molecule has 0 fully saturated rings. The molecular weight excluding hydrogens is 306 g/mol. The highest BCUT2D eigenvalue weighted by atomic mass is 32.2. The van der Waals surface area contributed by atoms with Gasteiger partial charge in [0.2, 0.25) is 0 Å². The van der Waals surface area contributed by atoms with Crippen LogP contribution in [0.2, 0.25) is 0 Å². The first kappa shape index (κ1) is 18.3. The van der Waals surface area contributed by atoms with Crippen LogP contribution in [-0.4, -0.2) is 32.4 Å². The highest BCUT2D eigenvalue weighted by Crippen LogP contribution is 2.15. The molecule has 1 amide bonds. The van der Waals surface area contributed by atoms with E-state index in [0.29, 0.717) is 6.42 Å². The minimum Gasteiger partial charge on any atom is -0.444 e. The van der Waals surface area contributed by atoms with Gasteiger partial charge in [-0.25, -0.2) is 4.79 Å². The third-order valence-corrected chi connectivity index (χ3v) is 2.97. The standard InChI is InChI=1S/C15H23NO5S/c1-11(16-14(17)20-15(2,3)4)10-12-6-8-13(9-7-12)21-22(5,18)19/h6-9,11H,10H2,1-5H3,(H,16,17). The molecule has 0 saturated carbocycles. The zero-order chi connectivity index (χ0) is 17.0. The Bertz CT molecular complexity index is 602. The first-order chi connectivity index (χ1) is 9.94. The lowest BCUT2D eigenvalue weighted by atomic mass is 10.1. The fourth-order valence-corrected chi connectivity index (χ4v) is 2.23. The van der Waals surface area contributed by atoms with Crippen LogP contribution in [-0.2, 0) is 21.3 Å². The summed E-state index contributed by atoms with van der Waals surface area (Å²) >= 11 is 0. The summed E-state index contributed by atoms with van der Waals surface area (Å²) in [5.41, 5.74) is 0.415. The van der Waals surface area contributed by atoms with Crippen LogP contribution in [0.5, 0.6) is 5.75 Å². The predicted octanol–water partition coefficient (Wildman–Crippen LogP) is 2.48. The van der Waals surface area contributed by atoms with E-state index in [4.69, 9.17) is 8.92 Å². The molecule has 0 radical (unpaired) electrons. The molecule has 0 saturated heterocycles. The van der Waals surface area contributed by atoms with Crippen molar-refractivity contribution in [2.75, 3.05) is 6.26 Å². The molecule has 1 aromatic rings. The van der Waals surface area contributed by atoms with E-state index in [1.54, 1.807) is 45.0 Å². The molecule has 1 atom stereocenters. The molecule has 0 aliphatic heterocycles. The van der Waals surface area contributed by atoms with E-state index in [9.17, 15) is 13.2 Å². The number of hydrogen-bond acceptors (Lipinski definition) is 5. The Kier molecular flexibility index (Phi) is 5.82. The van der Waals surface area contributed by atoms with E-state index in [2.05, 4.69) is 5.32 Å². The number of benzene rings is 1. The van der Waals surface area contributed by atoms with Gasteiger partial charge in [0.05, 0.1) is 6.26 Å². The highest BCUT2D eigenvalue weighted by molar-refractivity contribution is 7.86. The lowest BCUT2D eigenvalue weighted by Gasteiger charge is -2.22. The largest absolute Gasteiger partial charge is 0.444 e. The van der Waals surface area contributed by atoms with Crippen molar-refractivity contribution in [3.8, 4) is 5.75 Å². The van der Waals surface area contributed by atoms with Gasteiger partial charge in [0.25, 0.3) is 0 Å². The number of carbonyl (C=O) groups excluding carboxylic acids is 1. The van der Waals surface area contributed by atoms with Crippen molar-refractivity contribution in [3.05, 3.63) is 29.8 Å². The van der Waals surface area contributed by atoms with Crippen LogP contribution in [0, 0.1) is 0 Å². The fraction of sp³-hybridized carbons (Fsp3) is 0.533. The van der Waals surface area contributed by atoms with Crippen LogP contribution in [0.1, 0.15) is 33.3 Å². The third-order valence-electron chi connectivity index (χ3n) is 2.48. The summed E-state index contributed by atoms with van der Waals surface area (Å²) in [7, 11) is -3.52. The second-order valence-electron chi connectivity index (χ2n) is 6.18. The van der Waals surface area contributed by atoms with E-state index >= 15 is 0 Å². The van der Waals surface area contributed by atoms with Crippen molar-refractivity contribution < 1.29 is 22.1 Å². The number of rotatable bonds is 5. The minimum absolute atomic E-state index is 0.114. The zero-order valence-corrected chi connectivity index (χ0v) is 14.4. The summed E-state index contributed by atoms with van der Waals surface area (Å²) in [6.45, 7) is 7.28. The summed E-state index contributed by atoms with van der Waals surface area (Å²) in [5.74, 6) is 0.263. The molecule has 124 valence electrons. The predicted molar refractivity (Wildman–Crippen MR) is 84.4 cm³/mol. The van der Waals surface area contributed by atoms with E-state index < -0.39 is 21.8 Å². The topological polar surface area (TPSA) is 81.7 Å². The van der Waals surface area contributed by atoms with Crippen LogP contribution in [0.15, 0.2) is 24.3 Å². The van der Waals surface area contributed by atoms with Gasteiger partial charge in [-0.3, -0.25) is 0 Å². The van der Waals surface area contributed by atoms with Crippen LogP contribution < -0.4 is 9.50 Å². The summed E-state index contributed by atoms with van der Waals surface area (Å²) in [6.07, 6.45) is 1.13. The van der Waals surface area contributed by atoms with Crippen LogP contribution in [0.25, 0.3) is 0 Å². The molecular formula is C15H23NO5S. The third kappa shape index (κ3) is 7.87. The quantitative estimate of drug-likeness (QED) is 0.839. The average molecular weight is 329 g/mol. The molecule has 1 aromatic carbocycles. The minimum atomic E-state index is -3.52. The number of amides is 1. The molecule has 0 spiro atoms. The first-order valence-corrected chi connectivity index (χ1v) is 8.74. The van der Waals surface area contributed by atoms with Gasteiger partial charge in [-0.2, -0.15) is 8.42 Å². The molecule has 0 aromatic heterocycles. The van der Waals surface area contributed by atoms with Gasteiger partial charge in [0, 0.05) is 6.04 Å².